The topological polar surface area (TPSA) is 102 Å². The average molecular weight is 497 g/mol. The molecule has 4 heterocycles. The largest absolute Gasteiger partial charge is 0.478 e. The third-order valence-corrected chi connectivity index (χ3v) is 6.49. The van der Waals surface area contributed by atoms with E-state index in [0.29, 0.717) is 37.0 Å². The Morgan fingerprint density at radius 2 is 2.00 bits per heavy atom. The van der Waals surface area contributed by atoms with Crippen molar-refractivity contribution in [1.29, 1.82) is 0 Å². The maximum Gasteiger partial charge on any atom is 0.256 e. The number of anilines is 1. The SMILES string of the molecule is C=CC(=O)N1CCC(c2nc(-c3ccc(C(=O)Nc4ccccn4)cc3)c3c(C)ncc(OCC)n23)C1. The lowest BCUT2D eigenvalue weighted by Crippen LogP contribution is -2.26. The number of hydrogen-bond acceptors (Lipinski definition) is 6. The predicted octanol–water partition coefficient (Wildman–Crippen LogP) is 4.25. The Labute approximate surface area is 214 Å². The van der Waals surface area contributed by atoms with Gasteiger partial charge in [-0.05, 0) is 50.6 Å². The summed E-state index contributed by atoms with van der Waals surface area (Å²) in [6.07, 6.45) is 5.48. The van der Waals surface area contributed by atoms with Crippen molar-refractivity contribution in [2.75, 3.05) is 25.0 Å². The Morgan fingerprint density at radius 3 is 2.70 bits per heavy atom. The summed E-state index contributed by atoms with van der Waals surface area (Å²) < 4.78 is 7.95. The van der Waals surface area contributed by atoms with E-state index < -0.39 is 0 Å². The zero-order chi connectivity index (χ0) is 25.9. The van der Waals surface area contributed by atoms with Crippen molar-refractivity contribution in [1.82, 2.24) is 24.3 Å². The first kappa shape index (κ1) is 24.2. The van der Waals surface area contributed by atoms with Gasteiger partial charge >= 0.3 is 0 Å². The zero-order valence-electron chi connectivity index (χ0n) is 20.8. The highest BCUT2D eigenvalue weighted by Crippen LogP contribution is 2.36. The summed E-state index contributed by atoms with van der Waals surface area (Å²) >= 11 is 0. The predicted molar refractivity (Wildman–Crippen MR) is 141 cm³/mol. The van der Waals surface area contributed by atoms with Crippen LogP contribution in [0.15, 0.2) is 67.5 Å². The summed E-state index contributed by atoms with van der Waals surface area (Å²) in [5.74, 6) is 1.65. The molecule has 0 radical (unpaired) electrons. The maximum absolute atomic E-state index is 12.7. The molecule has 1 unspecified atom stereocenters. The van der Waals surface area contributed by atoms with Crippen LogP contribution >= 0.6 is 0 Å². The third-order valence-electron chi connectivity index (χ3n) is 6.49. The molecule has 0 spiro atoms. The molecule has 0 saturated carbocycles. The quantitative estimate of drug-likeness (QED) is 0.384. The van der Waals surface area contributed by atoms with Crippen LogP contribution in [0.4, 0.5) is 5.82 Å². The van der Waals surface area contributed by atoms with E-state index in [1.54, 1.807) is 41.6 Å². The molecule has 1 fully saturated rings. The molecule has 4 aromatic rings. The Kier molecular flexibility index (Phi) is 6.68. The van der Waals surface area contributed by atoms with Crippen molar-refractivity contribution in [2.24, 2.45) is 0 Å². The molecule has 188 valence electrons. The van der Waals surface area contributed by atoms with Gasteiger partial charge in [0.25, 0.3) is 5.91 Å². The Hall–Kier alpha value is -4.53. The number of imidazole rings is 1. The first-order valence-corrected chi connectivity index (χ1v) is 12.2. The highest BCUT2D eigenvalue weighted by molar-refractivity contribution is 6.04. The standard InChI is InChI=1S/C28H28N6O3/c1-4-23(35)33-15-13-21(17-33)27-32-25(26-18(3)30-16-24(34(26)27)37-5-2)19-9-11-20(12-10-19)28(36)31-22-8-6-7-14-29-22/h4,6-12,14,16,21H,1,5,13,15,17H2,2-3H3,(H,29,31,36). The number of carbonyl (C=O) groups excluding carboxylic acids is 2. The summed E-state index contributed by atoms with van der Waals surface area (Å²) in [6, 6.07) is 12.7. The zero-order valence-corrected chi connectivity index (χ0v) is 20.8. The normalized spacial score (nSPS) is 15.1. The number of rotatable bonds is 7. The Bertz CT molecular complexity index is 1460. The first-order valence-electron chi connectivity index (χ1n) is 12.2. The van der Waals surface area contributed by atoms with Crippen LogP contribution in [0.1, 0.15) is 41.1 Å². The molecule has 0 bridgehead atoms. The second kappa shape index (κ2) is 10.2. The Morgan fingerprint density at radius 1 is 1.19 bits per heavy atom. The monoisotopic (exact) mass is 496 g/mol. The van der Waals surface area contributed by atoms with E-state index in [1.807, 2.05) is 36.4 Å². The van der Waals surface area contributed by atoms with Crippen LogP contribution in [-0.4, -0.2) is 55.8 Å². The molecule has 9 heteroatoms. The molecule has 37 heavy (non-hydrogen) atoms. The number of amides is 2. The average Bonchev–Trinajstić information content (AvgIpc) is 3.57. The summed E-state index contributed by atoms with van der Waals surface area (Å²) in [5.41, 5.74) is 3.78. The number of ether oxygens (including phenoxy) is 1. The minimum absolute atomic E-state index is 0.0366. The van der Waals surface area contributed by atoms with Crippen LogP contribution in [-0.2, 0) is 4.79 Å². The van der Waals surface area contributed by atoms with E-state index >= 15 is 0 Å². The fourth-order valence-electron chi connectivity index (χ4n) is 4.69. The second-order valence-corrected chi connectivity index (χ2v) is 8.84. The molecule has 1 aliphatic rings. The molecule has 1 atom stereocenters. The van der Waals surface area contributed by atoms with Gasteiger partial charge in [0.15, 0.2) is 0 Å². The van der Waals surface area contributed by atoms with Gasteiger partial charge in [0.1, 0.15) is 11.6 Å². The molecule has 5 rings (SSSR count). The number of fused-ring (bicyclic) bond motifs is 1. The van der Waals surface area contributed by atoms with Gasteiger partial charge in [-0.1, -0.05) is 24.8 Å². The van der Waals surface area contributed by atoms with E-state index in [1.165, 1.54) is 6.08 Å². The molecule has 1 saturated heterocycles. The molecular weight excluding hydrogens is 468 g/mol. The van der Waals surface area contributed by atoms with Gasteiger partial charge in [0, 0.05) is 36.3 Å². The van der Waals surface area contributed by atoms with Crippen LogP contribution in [0.25, 0.3) is 16.8 Å². The van der Waals surface area contributed by atoms with E-state index in [4.69, 9.17) is 9.72 Å². The molecule has 3 aromatic heterocycles. The van der Waals surface area contributed by atoms with Gasteiger partial charge in [-0.2, -0.15) is 0 Å². The lowest BCUT2D eigenvalue weighted by molar-refractivity contribution is -0.125. The molecular formula is C28H28N6O3. The van der Waals surface area contributed by atoms with Crippen molar-refractivity contribution in [3.05, 3.63) is 84.6 Å². The van der Waals surface area contributed by atoms with Crippen molar-refractivity contribution in [2.45, 2.75) is 26.2 Å². The fraction of sp³-hybridized carbons (Fsp3) is 0.250. The summed E-state index contributed by atoms with van der Waals surface area (Å²) in [4.78, 5) is 40.5. The lowest BCUT2D eigenvalue weighted by Gasteiger charge is -2.15. The van der Waals surface area contributed by atoms with Crippen LogP contribution in [0.5, 0.6) is 5.88 Å². The first-order chi connectivity index (χ1) is 18.0. The number of pyridine rings is 1. The number of aromatic nitrogens is 4. The number of likely N-dealkylation sites (tertiary alicyclic amines) is 1. The highest BCUT2D eigenvalue weighted by atomic mass is 16.5. The molecule has 1 aliphatic heterocycles. The fourth-order valence-corrected chi connectivity index (χ4v) is 4.69. The smallest absolute Gasteiger partial charge is 0.256 e. The number of carbonyl (C=O) groups is 2. The minimum Gasteiger partial charge on any atom is -0.478 e. The van der Waals surface area contributed by atoms with E-state index in [2.05, 4.69) is 21.9 Å². The van der Waals surface area contributed by atoms with Crippen molar-refractivity contribution >= 4 is 23.1 Å². The summed E-state index contributed by atoms with van der Waals surface area (Å²) in [6.45, 7) is 9.18. The van der Waals surface area contributed by atoms with Gasteiger partial charge in [0.05, 0.1) is 29.7 Å². The van der Waals surface area contributed by atoms with Gasteiger partial charge in [-0.3, -0.25) is 19.0 Å². The van der Waals surface area contributed by atoms with Crippen LogP contribution in [0, 0.1) is 6.92 Å². The molecule has 9 nitrogen and oxygen atoms in total. The lowest BCUT2D eigenvalue weighted by atomic mass is 10.1. The van der Waals surface area contributed by atoms with Crippen molar-refractivity contribution in [3.8, 4) is 17.1 Å². The van der Waals surface area contributed by atoms with E-state index in [-0.39, 0.29) is 17.7 Å². The van der Waals surface area contributed by atoms with Gasteiger partial charge in [0.2, 0.25) is 11.8 Å². The number of nitrogens with zero attached hydrogens (tertiary/aromatic N) is 5. The number of benzene rings is 1. The molecule has 1 aromatic carbocycles. The van der Waals surface area contributed by atoms with E-state index in [9.17, 15) is 9.59 Å². The van der Waals surface area contributed by atoms with E-state index in [0.717, 1.165) is 34.7 Å². The molecule has 1 N–H and O–H groups in total. The van der Waals surface area contributed by atoms with Gasteiger partial charge < -0.3 is 15.0 Å². The Balaban J connectivity index is 1.53. The van der Waals surface area contributed by atoms with Crippen LogP contribution in [0.3, 0.4) is 0 Å². The summed E-state index contributed by atoms with van der Waals surface area (Å²) in [7, 11) is 0. The van der Waals surface area contributed by atoms with Crippen LogP contribution < -0.4 is 10.1 Å². The highest BCUT2D eigenvalue weighted by Gasteiger charge is 2.31. The van der Waals surface area contributed by atoms with Gasteiger partial charge in [-0.25, -0.2) is 9.97 Å². The summed E-state index contributed by atoms with van der Waals surface area (Å²) in [5, 5.41) is 2.80. The maximum atomic E-state index is 12.7. The molecule has 0 aliphatic carbocycles. The second-order valence-electron chi connectivity index (χ2n) is 8.84. The molecule has 2 amide bonds. The van der Waals surface area contributed by atoms with Gasteiger partial charge in [-0.15, -0.1) is 0 Å². The number of hydrogen-bond donors (Lipinski definition) is 1. The number of aryl methyl sites for hydroxylation is 1. The van der Waals surface area contributed by atoms with Crippen LogP contribution in [0.2, 0.25) is 0 Å². The number of nitrogens with one attached hydrogen (secondary N) is 1. The third kappa shape index (κ3) is 4.67. The van der Waals surface area contributed by atoms with Crippen molar-refractivity contribution < 1.29 is 14.3 Å². The van der Waals surface area contributed by atoms with Crippen molar-refractivity contribution in [3.63, 3.8) is 0 Å². The minimum atomic E-state index is -0.241.